The fourth-order valence-corrected chi connectivity index (χ4v) is 4.84. The molecular formula is C30H23BN2O2. The van der Waals surface area contributed by atoms with Crippen LogP contribution < -0.4 is 4.81 Å². The van der Waals surface area contributed by atoms with Crippen molar-refractivity contribution in [1.29, 1.82) is 0 Å². The average molecular weight is 454 g/mol. The number of para-hydroxylation sites is 2. The second-order valence-electron chi connectivity index (χ2n) is 8.52. The van der Waals surface area contributed by atoms with E-state index in [-0.39, 0.29) is 0 Å². The summed E-state index contributed by atoms with van der Waals surface area (Å²) >= 11 is 0. The minimum absolute atomic E-state index is 0.687. The second kappa shape index (κ2) is 8.80. The van der Waals surface area contributed by atoms with Crippen molar-refractivity contribution in [2.45, 2.75) is 0 Å². The zero-order valence-corrected chi connectivity index (χ0v) is 19.0. The third kappa shape index (κ3) is 3.77. The summed E-state index contributed by atoms with van der Waals surface area (Å²) in [4.78, 5) is 1.52. The predicted octanol–water partition coefficient (Wildman–Crippen LogP) is 6.56. The van der Waals surface area contributed by atoms with E-state index in [1.165, 1.54) is 15.6 Å². The molecule has 168 valence electrons. The summed E-state index contributed by atoms with van der Waals surface area (Å²) in [6, 6.07) is 42.5. The lowest BCUT2D eigenvalue weighted by Gasteiger charge is -2.25. The van der Waals surface area contributed by atoms with Gasteiger partial charge in [0.25, 0.3) is 0 Å². The first kappa shape index (κ1) is 21.2. The molecule has 2 N–H and O–H groups in total. The summed E-state index contributed by atoms with van der Waals surface area (Å²) in [6.45, 7) is 0. The first-order valence-corrected chi connectivity index (χ1v) is 11.6. The van der Waals surface area contributed by atoms with E-state index in [0.29, 0.717) is 11.4 Å². The minimum Gasteiger partial charge on any atom is -0.407 e. The third-order valence-electron chi connectivity index (χ3n) is 6.43. The number of fused-ring (bicyclic) bond motifs is 3. The Bertz CT molecular complexity index is 1570. The maximum absolute atomic E-state index is 10.3. The van der Waals surface area contributed by atoms with Crippen LogP contribution in [0.1, 0.15) is 0 Å². The fourth-order valence-electron chi connectivity index (χ4n) is 4.84. The van der Waals surface area contributed by atoms with Gasteiger partial charge in [0.15, 0.2) is 0 Å². The molecule has 0 aliphatic rings. The van der Waals surface area contributed by atoms with Crippen molar-refractivity contribution in [3.05, 3.63) is 127 Å². The summed E-state index contributed by atoms with van der Waals surface area (Å²) < 4.78 is 2.22. The van der Waals surface area contributed by atoms with Crippen LogP contribution in [0.5, 0.6) is 0 Å². The van der Waals surface area contributed by atoms with Crippen LogP contribution in [0.4, 0.5) is 11.4 Å². The Kier molecular flexibility index (Phi) is 5.34. The van der Waals surface area contributed by atoms with Crippen LogP contribution >= 0.6 is 0 Å². The smallest absolute Gasteiger partial charge is 0.407 e. The highest BCUT2D eigenvalue weighted by Gasteiger charge is 2.24. The van der Waals surface area contributed by atoms with Crippen molar-refractivity contribution in [2.24, 2.45) is 0 Å². The number of hydrogen-bond acceptors (Lipinski definition) is 3. The van der Waals surface area contributed by atoms with E-state index in [1.54, 1.807) is 0 Å². The van der Waals surface area contributed by atoms with Crippen LogP contribution in [0, 0.1) is 0 Å². The second-order valence-corrected chi connectivity index (χ2v) is 8.52. The highest BCUT2D eigenvalue weighted by molar-refractivity contribution is 6.49. The van der Waals surface area contributed by atoms with E-state index >= 15 is 0 Å². The van der Waals surface area contributed by atoms with Gasteiger partial charge in [0, 0.05) is 27.8 Å². The molecule has 6 aromatic rings. The predicted molar refractivity (Wildman–Crippen MR) is 145 cm³/mol. The molecule has 0 unspecified atom stereocenters. The first-order valence-electron chi connectivity index (χ1n) is 11.6. The molecule has 5 heteroatoms. The zero-order chi connectivity index (χ0) is 23.8. The summed E-state index contributed by atoms with van der Waals surface area (Å²) in [6.07, 6.45) is 0. The Morgan fingerprint density at radius 3 is 1.71 bits per heavy atom. The van der Waals surface area contributed by atoms with Gasteiger partial charge in [0.05, 0.1) is 11.0 Å². The molecule has 0 aliphatic heterocycles. The molecule has 1 aromatic heterocycles. The van der Waals surface area contributed by atoms with Gasteiger partial charge in [-0.15, -0.1) is 0 Å². The molecule has 0 fully saturated rings. The summed E-state index contributed by atoms with van der Waals surface area (Å²) in [7, 11) is -1.69. The highest BCUT2D eigenvalue weighted by Crippen LogP contribution is 2.34. The van der Waals surface area contributed by atoms with E-state index in [4.69, 9.17) is 0 Å². The lowest BCUT2D eigenvalue weighted by atomic mass is 9.99. The number of benzene rings is 5. The van der Waals surface area contributed by atoms with E-state index in [2.05, 4.69) is 53.1 Å². The molecule has 0 saturated carbocycles. The molecular weight excluding hydrogens is 431 g/mol. The van der Waals surface area contributed by atoms with Crippen molar-refractivity contribution in [3.8, 4) is 16.8 Å². The summed E-state index contributed by atoms with van der Waals surface area (Å²) in [5, 5.41) is 23.1. The lowest BCUT2D eigenvalue weighted by Crippen LogP contribution is -2.35. The van der Waals surface area contributed by atoms with Gasteiger partial charge in [-0.05, 0) is 53.6 Å². The largest absolute Gasteiger partial charge is 0.592 e. The summed E-state index contributed by atoms with van der Waals surface area (Å²) in [5.41, 5.74) is 6.73. The maximum atomic E-state index is 10.3. The normalized spacial score (nSPS) is 11.1. The Morgan fingerprint density at radius 1 is 0.514 bits per heavy atom. The molecule has 1 heterocycles. The van der Waals surface area contributed by atoms with Gasteiger partial charge in [-0.1, -0.05) is 84.9 Å². The lowest BCUT2D eigenvalue weighted by molar-refractivity contribution is 0.407. The topological polar surface area (TPSA) is 48.6 Å². The highest BCUT2D eigenvalue weighted by atomic mass is 16.4. The van der Waals surface area contributed by atoms with Crippen molar-refractivity contribution >= 4 is 40.4 Å². The number of nitrogens with zero attached hydrogens (tertiary/aromatic N) is 2. The van der Waals surface area contributed by atoms with Gasteiger partial charge in [-0.3, -0.25) is 0 Å². The summed E-state index contributed by atoms with van der Waals surface area (Å²) in [5.74, 6) is 0. The number of aromatic nitrogens is 1. The molecule has 0 radical (unpaired) electrons. The van der Waals surface area contributed by atoms with Crippen molar-refractivity contribution in [1.82, 2.24) is 4.57 Å². The average Bonchev–Trinajstić information content (AvgIpc) is 3.24. The van der Waals surface area contributed by atoms with Crippen LogP contribution in [-0.2, 0) is 0 Å². The molecule has 0 amide bonds. The molecule has 0 aliphatic carbocycles. The van der Waals surface area contributed by atoms with Crippen LogP contribution in [0.3, 0.4) is 0 Å². The van der Waals surface area contributed by atoms with E-state index in [0.717, 1.165) is 27.8 Å². The Balaban J connectivity index is 1.45. The van der Waals surface area contributed by atoms with Gasteiger partial charge in [-0.25, -0.2) is 0 Å². The quantitative estimate of drug-likeness (QED) is 0.290. The molecule has 0 bridgehead atoms. The van der Waals surface area contributed by atoms with Gasteiger partial charge in [-0.2, -0.15) is 0 Å². The molecule has 0 spiro atoms. The van der Waals surface area contributed by atoms with Crippen molar-refractivity contribution < 1.29 is 10.0 Å². The van der Waals surface area contributed by atoms with Gasteiger partial charge in [0.1, 0.15) is 0 Å². The maximum Gasteiger partial charge on any atom is 0.592 e. The fraction of sp³-hybridized carbons (Fsp3) is 0. The van der Waals surface area contributed by atoms with E-state index in [1.807, 2.05) is 78.9 Å². The third-order valence-corrected chi connectivity index (χ3v) is 6.43. The van der Waals surface area contributed by atoms with Crippen molar-refractivity contribution in [3.63, 3.8) is 0 Å². The zero-order valence-electron chi connectivity index (χ0n) is 19.0. The van der Waals surface area contributed by atoms with Crippen LogP contribution in [-0.4, -0.2) is 21.9 Å². The van der Waals surface area contributed by atoms with Crippen molar-refractivity contribution in [2.75, 3.05) is 4.81 Å². The number of anilines is 2. The molecule has 0 saturated heterocycles. The van der Waals surface area contributed by atoms with Crippen LogP contribution in [0.25, 0.3) is 38.6 Å². The molecule has 6 rings (SSSR count). The van der Waals surface area contributed by atoms with Gasteiger partial charge < -0.3 is 19.4 Å². The molecule has 0 atom stereocenters. The molecule has 35 heavy (non-hydrogen) atoms. The molecule has 4 nitrogen and oxygen atoms in total. The first-order chi connectivity index (χ1) is 17.2. The number of rotatable bonds is 5. The SMILES string of the molecule is OB(O)N(c1ccc(-c2ccccc2)cc1)c1cccc(-n2c3ccccc3c3ccccc32)c1. The monoisotopic (exact) mass is 454 g/mol. The van der Waals surface area contributed by atoms with Gasteiger partial charge >= 0.3 is 7.25 Å². The number of hydrogen-bond donors (Lipinski definition) is 2. The van der Waals surface area contributed by atoms with Crippen LogP contribution in [0.2, 0.25) is 0 Å². The minimum atomic E-state index is -1.69. The van der Waals surface area contributed by atoms with E-state index in [9.17, 15) is 10.0 Å². The van der Waals surface area contributed by atoms with E-state index < -0.39 is 7.25 Å². The van der Waals surface area contributed by atoms with Crippen LogP contribution in [0.15, 0.2) is 127 Å². The molecule has 5 aromatic carbocycles. The Morgan fingerprint density at radius 2 is 1.09 bits per heavy atom. The Labute approximate surface area is 204 Å². The standard InChI is InChI=1S/C30H23BN2O2/c34-31(35)33(24-19-17-23(18-20-24)22-9-2-1-3-10-22)26-12-8-11-25(21-26)32-29-15-6-4-13-27(29)28-14-5-7-16-30(28)32/h1-21,34-35H. The Hall–Kier alpha value is -4.32. The van der Waals surface area contributed by atoms with Gasteiger partial charge in [0.2, 0.25) is 0 Å².